The fourth-order valence-corrected chi connectivity index (χ4v) is 4.12. The van der Waals surface area contributed by atoms with Crippen molar-refractivity contribution in [3.63, 3.8) is 0 Å². The number of aromatic nitrogens is 2. The molecule has 4 rings (SSSR count). The fraction of sp³-hybridized carbons (Fsp3) is 0.722. The van der Waals surface area contributed by atoms with Crippen molar-refractivity contribution < 1.29 is 4.74 Å². The number of nitrogens with zero attached hydrogens (tertiary/aromatic N) is 5. The minimum atomic E-state index is 0.189. The normalized spacial score (nSPS) is 26.6. The molecule has 0 radical (unpaired) electrons. The quantitative estimate of drug-likeness (QED) is 0.657. The monoisotopic (exact) mass is 344 g/mol. The minimum Gasteiger partial charge on any atom is -0.375 e. The van der Waals surface area contributed by atoms with Gasteiger partial charge in [0.25, 0.3) is 0 Å². The van der Waals surface area contributed by atoms with E-state index in [4.69, 9.17) is 15.5 Å². The van der Waals surface area contributed by atoms with Gasteiger partial charge in [0.15, 0.2) is 5.96 Å². The number of nitrogens with two attached hydrogens (primary N) is 1. The molecule has 1 unspecified atom stereocenters. The highest BCUT2D eigenvalue weighted by Crippen LogP contribution is 2.44. The molecule has 3 heterocycles. The molecule has 2 N–H and O–H groups in total. The number of ether oxygens (including phenoxy) is 1. The first kappa shape index (κ1) is 16.6. The van der Waals surface area contributed by atoms with Crippen molar-refractivity contribution in [2.45, 2.75) is 37.7 Å². The van der Waals surface area contributed by atoms with Crippen LogP contribution in [0.1, 0.15) is 32.1 Å². The lowest BCUT2D eigenvalue weighted by atomic mass is 9.72. The molecule has 3 fully saturated rings. The topological polar surface area (TPSA) is 79.9 Å². The minimum absolute atomic E-state index is 0.189. The number of piperazine rings is 1. The summed E-state index contributed by atoms with van der Waals surface area (Å²) in [4.78, 5) is 17.7. The smallest absolute Gasteiger partial charge is 0.225 e. The zero-order valence-corrected chi connectivity index (χ0v) is 14.8. The molecule has 136 valence electrons. The number of anilines is 1. The van der Waals surface area contributed by atoms with Gasteiger partial charge in [-0.15, -0.1) is 0 Å². The van der Waals surface area contributed by atoms with Gasteiger partial charge in [0.1, 0.15) is 0 Å². The lowest BCUT2D eigenvalue weighted by Gasteiger charge is -2.47. The molecule has 3 aliphatic rings. The Hall–Kier alpha value is -1.89. The summed E-state index contributed by atoms with van der Waals surface area (Å²) in [6.45, 7) is 5.20. The highest BCUT2D eigenvalue weighted by Gasteiger charge is 2.42. The van der Waals surface area contributed by atoms with Crippen LogP contribution in [0.4, 0.5) is 5.95 Å². The third-order valence-corrected chi connectivity index (χ3v) is 5.81. The molecule has 1 spiro atoms. The maximum atomic E-state index is 6.26. The molecule has 0 amide bonds. The number of hydrogen-bond donors (Lipinski definition) is 1. The Kier molecular flexibility index (Phi) is 4.74. The summed E-state index contributed by atoms with van der Waals surface area (Å²) in [6, 6.07) is 1.84. The van der Waals surface area contributed by atoms with Crippen molar-refractivity contribution in [1.29, 1.82) is 0 Å². The van der Waals surface area contributed by atoms with Gasteiger partial charge in [0.05, 0.1) is 5.60 Å². The van der Waals surface area contributed by atoms with E-state index in [1.165, 1.54) is 19.3 Å². The number of guanidine groups is 1. The molecular weight excluding hydrogens is 316 g/mol. The van der Waals surface area contributed by atoms with Crippen LogP contribution in [0, 0.1) is 5.92 Å². The predicted octanol–water partition coefficient (Wildman–Crippen LogP) is 1.26. The van der Waals surface area contributed by atoms with E-state index in [1.54, 1.807) is 12.4 Å². The molecule has 7 heteroatoms. The average molecular weight is 344 g/mol. The Morgan fingerprint density at radius 1 is 1.24 bits per heavy atom. The molecule has 0 aromatic carbocycles. The van der Waals surface area contributed by atoms with Crippen LogP contribution in [0.5, 0.6) is 0 Å². The van der Waals surface area contributed by atoms with E-state index in [0.29, 0.717) is 11.9 Å². The van der Waals surface area contributed by atoms with E-state index in [0.717, 1.165) is 58.1 Å². The molecule has 1 aliphatic carbocycles. The number of rotatable bonds is 3. The zero-order valence-electron chi connectivity index (χ0n) is 14.8. The zero-order chi connectivity index (χ0) is 17.1. The third-order valence-electron chi connectivity index (χ3n) is 5.81. The van der Waals surface area contributed by atoms with Crippen LogP contribution in [0.3, 0.4) is 0 Å². The Morgan fingerprint density at radius 2 is 2.00 bits per heavy atom. The van der Waals surface area contributed by atoms with Gasteiger partial charge in [-0.2, -0.15) is 0 Å². The second-order valence-electron chi connectivity index (χ2n) is 7.47. The summed E-state index contributed by atoms with van der Waals surface area (Å²) < 4.78 is 6.00. The van der Waals surface area contributed by atoms with Crippen LogP contribution in [-0.2, 0) is 4.74 Å². The van der Waals surface area contributed by atoms with E-state index in [-0.39, 0.29) is 5.60 Å². The van der Waals surface area contributed by atoms with Gasteiger partial charge >= 0.3 is 0 Å². The van der Waals surface area contributed by atoms with Gasteiger partial charge in [-0.25, -0.2) is 9.97 Å². The van der Waals surface area contributed by atoms with Crippen molar-refractivity contribution in [1.82, 2.24) is 14.9 Å². The second-order valence-corrected chi connectivity index (χ2v) is 7.47. The van der Waals surface area contributed by atoms with E-state index in [9.17, 15) is 0 Å². The highest BCUT2D eigenvalue weighted by molar-refractivity contribution is 5.78. The second kappa shape index (κ2) is 7.15. The van der Waals surface area contributed by atoms with Gasteiger partial charge in [-0.05, 0) is 44.1 Å². The Balaban J connectivity index is 1.27. The summed E-state index contributed by atoms with van der Waals surface area (Å²) in [6.07, 6.45) is 9.60. The molecule has 1 aromatic rings. The van der Waals surface area contributed by atoms with Crippen LogP contribution in [-0.4, -0.2) is 65.8 Å². The van der Waals surface area contributed by atoms with Gasteiger partial charge in [-0.1, -0.05) is 0 Å². The maximum absolute atomic E-state index is 6.26. The van der Waals surface area contributed by atoms with E-state index in [2.05, 4.69) is 19.8 Å². The molecule has 2 saturated heterocycles. The lowest BCUT2D eigenvalue weighted by Crippen LogP contribution is -2.51. The molecule has 2 aliphatic heterocycles. The lowest BCUT2D eigenvalue weighted by molar-refractivity contribution is -0.141. The van der Waals surface area contributed by atoms with Crippen LogP contribution in [0.2, 0.25) is 0 Å². The average Bonchev–Trinajstić information content (AvgIpc) is 2.66. The van der Waals surface area contributed by atoms with Crippen molar-refractivity contribution in [3.8, 4) is 0 Å². The summed E-state index contributed by atoms with van der Waals surface area (Å²) in [5, 5.41) is 0. The van der Waals surface area contributed by atoms with Crippen molar-refractivity contribution >= 4 is 11.9 Å². The summed E-state index contributed by atoms with van der Waals surface area (Å²) in [5.41, 5.74) is 6.45. The molecule has 7 nitrogen and oxygen atoms in total. The number of aliphatic imine (C=N–C) groups is 1. The third kappa shape index (κ3) is 3.71. The Labute approximate surface area is 149 Å². The van der Waals surface area contributed by atoms with Gasteiger partial charge < -0.3 is 20.3 Å². The number of hydrogen-bond acceptors (Lipinski definition) is 5. The van der Waals surface area contributed by atoms with Gasteiger partial charge in [-0.3, -0.25) is 4.99 Å². The van der Waals surface area contributed by atoms with Crippen molar-refractivity contribution in [2.75, 3.05) is 44.2 Å². The SMILES string of the molecule is NC(=NCC1CCOC2(CCC2)C1)N1CCN(c2ncccn2)CC1. The van der Waals surface area contributed by atoms with Crippen molar-refractivity contribution in [2.24, 2.45) is 16.6 Å². The molecule has 1 atom stereocenters. The maximum Gasteiger partial charge on any atom is 0.225 e. The van der Waals surface area contributed by atoms with E-state index < -0.39 is 0 Å². The van der Waals surface area contributed by atoms with Crippen molar-refractivity contribution in [3.05, 3.63) is 18.5 Å². The Morgan fingerprint density at radius 3 is 2.68 bits per heavy atom. The van der Waals surface area contributed by atoms with Crippen LogP contribution >= 0.6 is 0 Å². The van der Waals surface area contributed by atoms with Crippen LogP contribution in [0.15, 0.2) is 23.5 Å². The molecular formula is C18H28N6O. The first-order chi connectivity index (χ1) is 12.2. The van der Waals surface area contributed by atoms with Gasteiger partial charge in [0.2, 0.25) is 5.95 Å². The Bertz CT molecular complexity index is 595. The molecule has 25 heavy (non-hydrogen) atoms. The predicted molar refractivity (Wildman–Crippen MR) is 97.6 cm³/mol. The summed E-state index contributed by atoms with van der Waals surface area (Å²) in [5.74, 6) is 2.10. The molecule has 1 saturated carbocycles. The highest BCUT2D eigenvalue weighted by atomic mass is 16.5. The molecule has 1 aromatic heterocycles. The van der Waals surface area contributed by atoms with E-state index >= 15 is 0 Å². The first-order valence-corrected chi connectivity index (χ1v) is 9.45. The first-order valence-electron chi connectivity index (χ1n) is 9.45. The summed E-state index contributed by atoms with van der Waals surface area (Å²) >= 11 is 0. The van der Waals surface area contributed by atoms with Crippen LogP contribution < -0.4 is 10.6 Å². The summed E-state index contributed by atoms with van der Waals surface area (Å²) in [7, 11) is 0. The molecule has 0 bridgehead atoms. The van der Waals surface area contributed by atoms with Crippen LogP contribution in [0.25, 0.3) is 0 Å². The largest absolute Gasteiger partial charge is 0.375 e. The fourth-order valence-electron chi connectivity index (χ4n) is 4.12. The van der Waals surface area contributed by atoms with E-state index in [1.807, 2.05) is 6.07 Å². The van der Waals surface area contributed by atoms with Gasteiger partial charge in [0, 0.05) is 51.7 Å². The standard InChI is InChI=1S/C18H28N6O/c19-16(22-14-15-3-12-25-18(13-15)4-1-5-18)23-8-10-24(11-9-23)17-20-6-2-7-21-17/h2,6-7,15H,1,3-5,8-14H2,(H2,19,22).